The Morgan fingerprint density at radius 3 is 2.21 bits per heavy atom. The molecule has 8 heteroatoms. The van der Waals surface area contributed by atoms with Crippen molar-refractivity contribution in [3.05, 3.63) is 29.3 Å². The van der Waals surface area contributed by atoms with Crippen molar-refractivity contribution >= 4 is 23.4 Å². The molecule has 4 aliphatic carbocycles. The molecule has 0 unspecified atom stereocenters. The number of hydrogen-bond donors (Lipinski definition) is 2. The fourth-order valence-corrected chi connectivity index (χ4v) is 4.95. The van der Waals surface area contributed by atoms with Crippen LogP contribution in [-0.2, 0) is 14.3 Å². The van der Waals surface area contributed by atoms with E-state index in [-0.39, 0.29) is 47.6 Å². The number of halogens is 1. The monoisotopic (exact) mass is 417 g/mol. The van der Waals surface area contributed by atoms with E-state index in [1.807, 2.05) is 6.92 Å². The van der Waals surface area contributed by atoms with E-state index in [0.717, 1.165) is 19.3 Å². The Bertz CT molecular complexity index is 838. The van der Waals surface area contributed by atoms with Crippen LogP contribution >= 0.6 is 11.6 Å². The van der Waals surface area contributed by atoms with E-state index in [0.29, 0.717) is 23.6 Å². The van der Waals surface area contributed by atoms with Gasteiger partial charge < -0.3 is 20.1 Å². The minimum absolute atomic E-state index is 0.00465. The first kappa shape index (κ1) is 20.0. The lowest BCUT2D eigenvalue weighted by molar-refractivity contribution is -0.160. The zero-order valence-corrected chi connectivity index (χ0v) is 17.1. The predicted octanol–water partition coefficient (Wildman–Crippen LogP) is 2.34. The molecule has 0 heterocycles. The molecule has 1 aromatic rings. The summed E-state index contributed by atoms with van der Waals surface area (Å²) < 4.78 is 11.2. The summed E-state index contributed by atoms with van der Waals surface area (Å²) in [5, 5.41) is 15.5. The fraction of sp³-hybridized carbons (Fsp3) is 0.571. The number of carbonyl (C=O) groups is 2. The maximum Gasteiger partial charge on any atom is 0.258 e. The zero-order valence-electron chi connectivity index (χ0n) is 16.3. The van der Waals surface area contributed by atoms with Gasteiger partial charge in [0.25, 0.3) is 5.91 Å². The molecule has 29 heavy (non-hydrogen) atoms. The Morgan fingerprint density at radius 1 is 1.10 bits per heavy atom. The molecule has 0 saturated heterocycles. The molecule has 4 fully saturated rings. The summed E-state index contributed by atoms with van der Waals surface area (Å²) in [5.74, 6) is 0.310. The molecule has 0 radical (unpaired) electrons. The first-order valence-corrected chi connectivity index (χ1v) is 10.1. The van der Waals surface area contributed by atoms with Gasteiger partial charge in [-0.1, -0.05) is 11.6 Å². The minimum Gasteiger partial charge on any atom is -0.484 e. The van der Waals surface area contributed by atoms with Gasteiger partial charge in [-0.25, -0.2) is 0 Å². The number of carbonyl (C=O) groups excluding carboxylic acids is 2. The topological polar surface area (TPSA) is 100 Å². The molecule has 7 nitrogen and oxygen atoms in total. The zero-order chi connectivity index (χ0) is 20.7. The second-order valence-corrected chi connectivity index (χ2v) is 9.34. The molecule has 2 amide bonds. The van der Waals surface area contributed by atoms with Crippen LogP contribution in [0.25, 0.3) is 0 Å². The van der Waals surface area contributed by atoms with Crippen LogP contribution in [0.1, 0.15) is 39.0 Å². The van der Waals surface area contributed by atoms with Gasteiger partial charge in [-0.2, -0.15) is 5.26 Å². The average molecular weight is 418 g/mol. The van der Waals surface area contributed by atoms with Crippen molar-refractivity contribution in [3.8, 4) is 11.8 Å². The van der Waals surface area contributed by atoms with Crippen LogP contribution in [0, 0.1) is 17.2 Å². The molecule has 2 N–H and O–H groups in total. The third kappa shape index (κ3) is 4.19. The van der Waals surface area contributed by atoms with Crippen LogP contribution in [0.15, 0.2) is 24.3 Å². The molecule has 0 aromatic heterocycles. The Morgan fingerprint density at radius 2 is 1.66 bits per heavy atom. The summed E-state index contributed by atoms with van der Waals surface area (Å²) in [7, 11) is 0. The molecule has 0 aliphatic heterocycles. The van der Waals surface area contributed by atoms with Gasteiger partial charge in [-0.05, 0) is 63.3 Å². The molecule has 0 atom stereocenters. The number of benzene rings is 1. The molecule has 2 bridgehead atoms. The summed E-state index contributed by atoms with van der Waals surface area (Å²) >= 11 is 5.82. The van der Waals surface area contributed by atoms with Crippen LogP contribution in [0.5, 0.6) is 5.75 Å². The molecule has 154 valence electrons. The first-order valence-electron chi connectivity index (χ1n) is 9.77. The summed E-state index contributed by atoms with van der Waals surface area (Å²) in [6.45, 7) is 1.88. The Balaban J connectivity index is 1.14. The maximum absolute atomic E-state index is 12.2. The lowest BCUT2D eigenvalue weighted by atomic mass is 9.44. The molecule has 4 saturated carbocycles. The van der Waals surface area contributed by atoms with Crippen molar-refractivity contribution in [1.29, 1.82) is 5.26 Å². The van der Waals surface area contributed by atoms with E-state index in [1.54, 1.807) is 24.3 Å². The second-order valence-electron chi connectivity index (χ2n) is 8.90. The van der Waals surface area contributed by atoms with E-state index in [2.05, 4.69) is 16.7 Å². The van der Waals surface area contributed by atoms with Crippen molar-refractivity contribution in [2.24, 2.45) is 5.92 Å². The number of ether oxygens (including phenoxy) is 2. The van der Waals surface area contributed by atoms with E-state index in [1.165, 1.54) is 0 Å². The van der Waals surface area contributed by atoms with E-state index in [4.69, 9.17) is 26.3 Å². The highest BCUT2D eigenvalue weighted by Gasteiger charge is 2.69. The first-order chi connectivity index (χ1) is 13.7. The van der Waals surface area contributed by atoms with Gasteiger partial charge in [0.1, 0.15) is 12.4 Å². The van der Waals surface area contributed by atoms with Gasteiger partial charge in [0.2, 0.25) is 5.91 Å². The second kappa shape index (κ2) is 7.19. The van der Waals surface area contributed by atoms with Crippen LogP contribution in [0.3, 0.4) is 0 Å². The van der Waals surface area contributed by atoms with Crippen molar-refractivity contribution < 1.29 is 19.1 Å². The van der Waals surface area contributed by atoms with Crippen molar-refractivity contribution in [2.75, 3.05) is 13.2 Å². The molecule has 5 rings (SSSR count). The van der Waals surface area contributed by atoms with Gasteiger partial charge in [0.15, 0.2) is 6.61 Å². The number of nitrogens with zero attached hydrogens (tertiary/aromatic N) is 1. The lowest BCUT2D eigenvalue weighted by Gasteiger charge is -2.70. The van der Waals surface area contributed by atoms with Gasteiger partial charge in [0, 0.05) is 16.1 Å². The fourth-order valence-electron chi connectivity index (χ4n) is 4.83. The minimum atomic E-state index is -0.365. The highest BCUT2D eigenvalue weighted by Crippen LogP contribution is 2.60. The Hall–Kier alpha value is -2.30. The lowest BCUT2D eigenvalue weighted by Crippen LogP contribution is -2.84. The summed E-state index contributed by atoms with van der Waals surface area (Å²) in [4.78, 5) is 24.4. The van der Waals surface area contributed by atoms with E-state index < -0.39 is 0 Å². The largest absolute Gasteiger partial charge is 0.484 e. The number of amides is 2. The number of hydrogen-bond acceptors (Lipinski definition) is 5. The van der Waals surface area contributed by atoms with E-state index in [9.17, 15) is 9.59 Å². The SMILES string of the molecule is C[C@]1(OCC(=O)NC23CC(NC(=O)COc4ccc(Cl)cc4)(C2)C3)C[C@@H](C#N)C1. The number of nitriles is 1. The van der Waals surface area contributed by atoms with Crippen molar-refractivity contribution in [3.63, 3.8) is 0 Å². The quantitative estimate of drug-likeness (QED) is 0.676. The Kier molecular flexibility index (Phi) is 4.96. The van der Waals surface area contributed by atoms with Gasteiger partial charge in [-0.15, -0.1) is 0 Å². The predicted molar refractivity (Wildman–Crippen MR) is 105 cm³/mol. The van der Waals surface area contributed by atoms with Gasteiger partial charge >= 0.3 is 0 Å². The molecule has 4 aliphatic rings. The Labute approximate surface area is 174 Å². The highest BCUT2D eigenvalue weighted by molar-refractivity contribution is 6.30. The molecular formula is C21H24ClN3O4. The van der Waals surface area contributed by atoms with Gasteiger partial charge in [0.05, 0.1) is 17.6 Å². The van der Waals surface area contributed by atoms with E-state index >= 15 is 0 Å². The molecule has 0 spiro atoms. The maximum atomic E-state index is 12.2. The standard InChI is InChI=1S/C21H24ClN3O4/c1-19(6-14(7-19)8-23)29-10-18(27)25-21-11-20(12-21,13-21)24-17(26)9-28-16-4-2-15(22)3-5-16/h2-5,14H,6-7,9-13H2,1H3,(H,24,26)(H,25,27)/t14-,19+,20?,21?. The molecular weight excluding hydrogens is 394 g/mol. The van der Waals surface area contributed by atoms with Crippen LogP contribution in [-0.4, -0.2) is 41.7 Å². The van der Waals surface area contributed by atoms with Crippen molar-refractivity contribution in [2.45, 2.75) is 55.7 Å². The summed E-state index contributed by atoms with van der Waals surface area (Å²) in [5.41, 5.74) is -0.814. The number of rotatable bonds is 8. The van der Waals surface area contributed by atoms with Crippen LogP contribution < -0.4 is 15.4 Å². The van der Waals surface area contributed by atoms with Gasteiger partial charge in [-0.3, -0.25) is 9.59 Å². The summed E-state index contributed by atoms with van der Waals surface area (Å²) in [6, 6.07) is 9.07. The van der Waals surface area contributed by atoms with Crippen LogP contribution in [0.4, 0.5) is 0 Å². The highest BCUT2D eigenvalue weighted by atomic mass is 35.5. The molecule has 1 aromatic carbocycles. The smallest absolute Gasteiger partial charge is 0.258 e. The normalized spacial score (nSPS) is 33.9. The average Bonchev–Trinajstić information content (AvgIpc) is 2.61. The summed E-state index contributed by atoms with van der Waals surface area (Å²) in [6.07, 6.45) is 3.54. The third-order valence-electron chi connectivity index (χ3n) is 6.11. The van der Waals surface area contributed by atoms with Crippen molar-refractivity contribution in [1.82, 2.24) is 10.6 Å². The number of nitrogens with one attached hydrogen (secondary N) is 2. The third-order valence-corrected chi connectivity index (χ3v) is 6.37. The van der Waals surface area contributed by atoms with Crippen LogP contribution in [0.2, 0.25) is 5.02 Å².